The number of nitrogens with one attached hydrogen (secondary N) is 2. The van der Waals surface area contributed by atoms with Crippen LogP contribution in [-0.2, 0) is 14.8 Å². The number of carbonyl (C=O) groups excluding carboxylic acids is 1. The number of nitrogens with zero attached hydrogens (tertiary/aromatic N) is 1. The van der Waals surface area contributed by atoms with Crippen molar-refractivity contribution in [2.24, 2.45) is 5.92 Å². The first-order chi connectivity index (χ1) is 8.78. The maximum absolute atomic E-state index is 11.8. The zero-order chi connectivity index (χ0) is 14.6. The lowest BCUT2D eigenvalue weighted by atomic mass is 10.0. The summed E-state index contributed by atoms with van der Waals surface area (Å²) in [5, 5.41) is 11.5. The Morgan fingerprint density at radius 1 is 1.42 bits per heavy atom. The van der Waals surface area contributed by atoms with Gasteiger partial charge >= 0.3 is 12.0 Å². The number of rotatable bonds is 5. The monoisotopic (exact) mass is 293 g/mol. The molecule has 1 heterocycles. The molecule has 9 heteroatoms. The quantitative estimate of drug-likeness (QED) is 0.604. The van der Waals surface area contributed by atoms with E-state index in [1.807, 2.05) is 0 Å². The number of carboxylic acid groups (broad SMARTS) is 1. The fourth-order valence-electron chi connectivity index (χ4n) is 2.05. The predicted octanol–water partition coefficient (Wildman–Crippen LogP) is -0.960. The maximum atomic E-state index is 11.8. The van der Waals surface area contributed by atoms with E-state index < -0.39 is 28.1 Å². The molecule has 1 rings (SSSR count). The van der Waals surface area contributed by atoms with Gasteiger partial charge in [0, 0.05) is 13.1 Å². The minimum atomic E-state index is -3.38. The Morgan fingerprint density at radius 2 is 2.05 bits per heavy atom. The second-order valence-corrected chi connectivity index (χ2v) is 6.54. The molecule has 2 atom stereocenters. The van der Waals surface area contributed by atoms with Crippen LogP contribution in [0.5, 0.6) is 0 Å². The van der Waals surface area contributed by atoms with Crippen LogP contribution in [0.4, 0.5) is 4.79 Å². The Morgan fingerprint density at radius 3 is 2.58 bits per heavy atom. The summed E-state index contributed by atoms with van der Waals surface area (Å²) >= 11 is 0. The summed E-state index contributed by atoms with van der Waals surface area (Å²) in [6, 6.07) is -1.39. The van der Waals surface area contributed by atoms with E-state index in [-0.39, 0.29) is 18.2 Å². The fourth-order valence-corrected chi connectivity index (χ4v) is 2.62. The van der Waals surface area contributed by atoms with Crippen molar-refractivity contribution in [1.29, 1.82) is 0 Å². The molecule has 0 bridgehead atoms. The first-order valence-corrected chi connectivity index (χ1v) is 7.62. The zero-order valence-electron chi connectivity index (χ0n) is 10.9. The van der Waals surface area contributed by atoms with Crippen molar-refractivity contribution in [2.45, 2.75) is 19.4 Å². The number of amides is 2. The highest BCUT2D eigenvalue weighted by Gasteiger charge is 2.39. The fraction of sp³-hybridized carbons (Fsp3) is 0.800. The number of hydrogen-bond acceptors (Lipinski definition) is 4. The second-order valence-electron chi connectivity index (χ2n) is 4.50. The average molecular weight is 293 g/mol. The van der Waals surface area contributed by atoms with Crippen LogP contribution in [0.15, 0.2) is 0 Å². The molecule has 0 aliphatic carbocycles. The van der Waals surface area contributed by atoms with Gasteiger partial charge in [-0.05, 0) is 19.4 Å². The molecule has 8 nitrogen and oxygen atoms in total. The summed E-state index contributed by atoms with van der Waals surface area (Å²) in [5.41, 5.74) is 0. The molecule has 1 aliphatic heterocycles. The Bertz CT molecular complexity index is 450. The third kappa shape index (κ3) is 4.06. The maximum Gasteiger partial charge on any atom is 0.326 e. The molecule has 1 aliphatic rings. The molecule has 1 fully saturated rings. The largest absolute Gasteiger partial charge is 0.480 e. The van der Waals surface area contributed by atoms with Crippen LogP contribution < -0.4 is 10.0 Å². The predicted molar refractivity (Wildman–Crippen MR) is 68.2 cm³/mol. The number of aliphatic carboxylic acids is 1. The van der Waals surface area contributed by atoms with E-state index >= 15 is 0 Å². The molecule has 0 aromatic heterocycles. The van der Waals surface area contributed by atoms with Crippen molar-refractivity contribution in [3.05, 3.63) is 0 Å². The van der Waals surface area contributed by atoms with E-state index in [0.717, 1.165) is 0 Å². The lowest BCUT2D eigenvalue weighted by Crippen LogP contribution is -2.48. The number of hydrogen-bond donors (Lipinski definition) is 3. The minimum Gasteiger partial charge on any atom is -0.480 e. The highest BCUT2D eigenvalue weighted by atomic mass is 32.2. The normalized spacial score (nSPS) is 23.4. The van der Waals surface area contributed by atoms with Crippen LogP contribution in [0.1, 0.15) is 13.3 Å². The highest BCUT2D eigenvalue weighted by Crippen LogP contribution is 2.23. The molecule has 2 amide bonds. The Labute approximate surface area is 112 Å². The average Bonchev–Trinajstić information content (AvgIpc) is 2.71. The Kier molecular flexibility index (Phi) is 5.12. The lowest BCUT2D eigenvalue weighted by molar-refractivity contribution is -0.142. The van der Waals surface area contributed by atoms with Gasteiger partial charge in [0.25, 0.3) is 0 Å². The highest BCUT2D eigenvalue weighted by molar-refractivity contribution is 7.89. The smallest absolute Gasteiger partial charge is 0.326 e. The molecule has 110 valence electrons. The Hall–Kier alpha value is -1.35. The minimum absolute atomic E-state index is 0.0563. The first-order valence-electron chi connectivity index (χ1n) is 5.97. The van der Waals surface area contributed by atoms with Gasteiger partial charge in [-0.2, -0.15) is 0 Å². The van der Waals surface area contributed by atoms with E-state index in [2.05, 4.69) is 10.0 Å². The number of sulfonamides is 1. The van der Waals surface area contributed by atoms with Gasteiger partial charge in [0.15, 0.2) is 0 Å². The van der Waals surface area contributed by atoms with Gasteiger partial charge in [0.1, 0.15) is 6.04 Å². The van der Waals surface area contributed by atoms with Crippen molar-refractivity contribution >= 4 is 22.0 Å². The van der Waals surface area contributed by atoms with E-state index in [1.54, 1.807) is 6.92 Å². The molecule has 3 N–H and O–H groups in total. The molecule has 0 spiro atoms. The second kappa shape index (κ2) is 6.20. The third-order valence-electron chi connectivity index (χ3n) is 3.17. The summed E-state index contributed by atoms with van der Waals surface area (Å²) in [6.07, 6.45) is 0.624. The van der Waals surface area contributed by atoms with Crippen LogP contribution in [0.25, 0.3) is 0 Å². The molecule has 0 radical (unpaired) electrons. The molecule has 19 heavy (non-hydrogen) atoms. The third-order valence-corrected chi connectivity index (χ3v) is 4.54. The first kappa shape index (κ1) is 15.7. The van der Waals surface area contributed by atoms with Crippen LogP contribution >= 0.6 is 0 Å². The molecule has 0 aromatic carbocycles. The molecular formula is C10H19N3O5S. The van der Waals surface area contributed by atoms with Gasteiger partial charge in [0.2, 0.25) is 10.0 Å². The van der Waals surface area contributed by atoms with Crippen LogP contribution in [0.3, 0.4) is 0 Å². The number of urea groups is 1. The molecule has 2 unspecified atom stereocenters. The van der Waals surface area contributed by atoms with Gasteiger partial charge in [-0.1, -0.05) is 6.92 Å². The molecule has 0 saturated carbocycles. The van der Waals surface area contributed by atoms with E-state index in [4.69, 9.17) is 5.11 Å². The molecular weight excluding hydrogens is 274 g/mol. The van der Waals surface area contributed by atoms with Gasteiger partial charge in [-0.25, -0.2) is 22.7 Å². The summed E-state index contributed by atoms with van der Waals surface area (Å²) in [6.45, 7) is 2.08. The molecule has 1 saturated heterocycles. The van der Waals surface area contributed by atoms with Crippen molar-refractivity contribution in [2.75, 3.05) is 25.9 Å². The molecule has 0 aromatic rings. The SMILES string of the molecule is CNS(=O)(=O)CCNC(=O)N1CCC(C)C1C(=O)O. The summed E-state index contributed by atoms with van der Waals surface area (Å²) in [4.78, 5) is 24.1. The zero-order valence-corrected chi connectivity index (χ0v) is 11.7. The number of carbonyl (C=O) groups is 2. The topological polar surface area (TPSA) is 116 Å². The van der Waals surface area contributed by atoms with Crippen molar-refractivity contribution in [3.8, 4) is 0 Å². The van der Waals surface area contributed by atoms with E-state index in [0.29, 0.717) is 13.0 Å². The summed E-state index contributed by atoms with van der Waals surface area (Å²) < 4.78 is 24.4. The van der Waals surface area contributed by atoms with E-state index in [1.165, 1.54) is 11.9 Å². The van der Waals surface area contributed by atoms with Crippen LogP contribution in [0.2, 0.25) is 0 Å². The van der Waals surface area contributed by atoms with Gasteiger partial charge < -0.3 is 15.3 Å². The van der Waals surface area contributed by atoms with Crippen LogP contribution in [-0.4, -0.2) is 62.4 Å². The van der Waals surface area contributed by atoms with Crippen molar-refractivity contribution < 1.29 is 23.1 Å². The Balaban J connectivity index is 2.52. The number of likely N-dealkylation sites (tertiary alicyclic amines) is 1. The summed E-state index contributed by atoms with van der Waals surface area (Å²) in [5.74, 6) is -1.39. The van der Waals surface area contributed by atoms with Gasteiger partial charge in [-0.3, -0.25) is 0 Å². The standard InChI is InChI=1S/C10H19N3O5S/c1-7-3-5-13(8(7)9(14)15)10(16)12-4-6-19(17,18)11-2/h7-8,11H,3-6H2,1-2H3,(H,12,16)(H,14,15). The summed E-state index contributed by atoms with van der Waals surface area (Å²) in [7, 11) is -2.09. The number of carboxylic acids is 1. The van der Waals surface area contributed by atoms with Gasteiger partial charge in [-0.15, -0.1) is 0 Å². The van der Waals surface area contributed by atoms with Crippen molar-refractivity contribution in [1.82, 2.24) is 14.9 Å². The van der Waals surface area contributed by atoms with E-state index in [9.17, 15) is 18.0 Å². The van der Waals surface area contributed by atoms with Crippen LogP contribution in [0, 0.1) is 5.92 Å². The van der Waals surface area contributed by atoms with Gasteiger partial charge in [0.05, 0.1) is 5.75 Å². The van der Waals surface area contributed by atoms with Crippen molar-refractivity contribution in [3.63, 3.8) is 0 Å². The lowest BCUT2D eigenvalue weighted by Gasteiger charge is -2.23.